The predicted molar refractivity (Wildman–Crippen MR) is 68.3 cm³/mol. The first-order chi connectivity index (χ1) is 8.66. The molecule has 0 spiro atoms. The smallest absolute Gasteiger partial charge is 0.135 e. The molecule has 0 saturated carbocycles. The molecule has 0 atom stereocenters. The van der Waals surface area contributed by atoms with Crippen molar-refractivity contribution in [1.29, 1.82) is 0 Å². The summed E-state index contributed by atoms with van der Waals surface area (Å²) < 4.78 is 13.5. The van der Waals surface area contributed by atoms with Crippen LogP contribution >= 0.6 is 0 Å². The fourth-order valence-electron chi connectivity index (χ4n) is 1.41. The van der Waals surface area contributed by atoms with Crippen LogP contribution in [0.15, 0.2) is 49.3 Å². The van der Waals surface area contributed by atoms with Crippen LogP contribution in [-0.4, -0.2) is 10.1 Å². The van der Waals surface area contributed by atoms with Crippen LogP contribution in [-0.2, 0) is 0 Å². The van der Waals surface area contributed by atoms with Gasteiger partial charge in [-0.15, -0.1) is 0 Å². The quantitative estimate of drug-likeness (QED) is 0.612. The Hall–Kier alpha value is -2.60. The van der Waals surface area contributed by atoms with Crippen LogP contribution in [0.4, 0.5) is 4.39 Å². The van der Waals surface area contributed by atoms with E-state index in [1.807, 2.05) is 0 Å². The minimum atomic E-state index is -0.538. The Labute approximate surface area is 104 Å². The zero-order chi connectivity index (χ0) is 13.0. The third-order valence-electron chi connectivity index (χ3n) is 2.31. The van der Waals surface area contributed by atoms with Crippen LogP contribution in [0.5, 0.6) is 0 Å². The Morgan fingerprint density at radius 1 is 1.11 bits per heavy atom. The Morgan fingerprint density at radius 3 is 2.39 bits per heavy atom. The maximum Gasteiger partial charge on any atom is 0.135 e. The van der Waals surface area contributed by atoms with Crippen molar-refractivity contribution in [3.8, 4) is 11.8 Å². The molecular formula is C15H10FNO. The molecule has 0 amide bonds. The van der Waals surface area contributed by atoms with E-state index in [1.54, 1.807) is 30.6 Å². The topological polar surface area (TPSA) is 33.1 Å². The van der Waals surface area contributed by atoms with Gasteiger partial charge in [-0.3, -0.25) is 4.98 Å². The van der Waals surface area contributed by atoms with E-state index in [4.69, 9.17) is 5.11 Å². The van der Waals surface area contributed by atoms with Gasteiger partial charge in [0.15, 0.2) is 0 Å². The van der Waals surface area contributed by atoms with E-state index in [9.17, 15) is 4.39 Å². The van der Waals surface area contributed by atoms with E-state index >= 15 is 0 Å². The molecule has 0 aliphatic heterocycles. The summed E-state index contributed by atoms with van der Waals surface area (Å²) in [6.45, 7) is 3.28. The monoisotopic (exact) mass is 239 g/mol. The summed E-state index contributed by atoms with van der Waals surface area (Å²) in [6.07, 6.45) is 3.28. The van der Waals surface area contributed by atoms with Gasteiger partial charge in [-0.2, -0.15) is 0 Å². The minimum Gasteiger partial charge on any atom is -0.508 e. The molecule has 0 unspecified atom stereocenters. The Balaban J connectivity index is 2.29. The summed E-state index contributed by atoms with van der Waals surface area (Å²) in [4.78, 5) is 3.88. The van der Waals surface area contributed by atoms with Crippen molar-refractivity contribution in [3.63, 3.8) is 0 Å². The Kier molecular flexibility index (Phi) is 3.40. The molecule has 1 N–H and O–H groups in total. The number of aliphatic hydroxyl groups is 1. The third-order valence-corrected chi connectivity index (χ3v) is 2.31. The number of halogens is 1. The molecule has 0 aliphatic rings. The number of aromatic nitrogens is 1. The molecule has 1 aromatic heterocycles. The fourth-order valence-corrected chi connectivity index (χ4v) is 1.41. The van der Waals surface area contributed by atoms with Crippen molar-refractivity contribution in [2.45, 2.75) is 0 Å². The first-order valence-corrected chi connectivity index (χ1v) is 5.26. The molecule has 88 valence electrons. The second kappa shape index (κ2) is 5.15. The van der Waals surface area contributed by atoms with E-state index in [0.717, 1.165) is 5.56 Å². The normalized spacial score (nSPS) is 9.39. The molecule has 0 aliphatic carbocycles. The maximum atomic E-state index is 13.5. The van der Waals surface area contributed by atoms with Crippen LogP contribution in [0, 0.1) is 17.7 Å². The van der Waals surface area contributed by atoms with Gasteiger partial charge in [0, 0.05) is 23.5 Å². The summed E-state index contributed by atoms with van der Waals surface area (Å²) in [6, 6.07) is 7.90. The molecule has 18 heavy (non-hydrogen) atoms. The van der Waals surface area contributed by atoms with Gasteiger partial charge >= 0.3 is 0 Å². The van der Waals surface area contributed by atoms with E-state index in [2.05, 4.69) is 23.4 Å². The van der Waals surface area contributed by atoms with Crippen molar-refractivity contribution >= 4 is 5.76 Å². The number of aliphatic hydroxyl groups excluding tert-OH is 1. The molecule has 2 rings (SSSR count). The van der Waals surface area contributed by atoms with Crippen LogP contribution in [0.2, 0.25) is 0 Å². The minimum absolute atomic E-state index is 0.0875. The summed E-state index contributed by atoms with van der Waals surface area (Å²) in [5.41, 5.74) is 1.43. The van der Waals surface area contributed by atoms with Crippen LogP contribution in [0.1, 0.15) is 16.7 Å². The number of benzene rings is 1. The van der Waals surface area contributed by atoms with Gasteiger partial charge in [0.2, 0.25) is 0 Å². The molecule has 2 nitrogen and oxygen atoms in total. The van der Waals surface area contributed by atoms with Gasteiger partial charge in [-0.25, -0.2) is 4.39 Å². The van der Waals surface area contributed by atoms with Gasteiger partial charge in [-0.05, 0) is 30.3 Å². The largest absolute Gasteiger partial charge is 0.508 e. The van der Waals surface area contributed by atoms with E-state index < -0.39 is 5.82 Å². The number of hydrogen-bond acceptors (Lipinski definition) is 2. The zero-order valence-corrected chi connectivity index (χ0v) is 9.52. The zero-order valence-electron chi connectivity index (χ0n) is 9.52. The Morgan fingerprint density at radius 2 is 1.78 bits per heavy atom. The van der Waals surface area contributed by atoms with Crippen LogP contribution < -0.4 is 0 Å². The molecule has 2 aromatic rings. The summed E-state index contributed by atoms with van der Waals surface area (Å²) in [5, 5.41) is 9.13. The highest BCUT2D eigenvalue weighted by Crippen LogP contribution is 2.15. The van der Waals surface area contributed by atoms with E-state index in [-0.39, 0.29) is 11.3 Å². The molecule has 3 heteroatoms. The second-order valence-corrected chi connectivity index (χ2v) is 3.63. The number of pyridine rings is 1. The van der Waals surface area contributed by atoms with Crippen molar-refractivity contribution in [2.75, 3.05) is 0 Å². The molecule has 0 fully saturated rings. The summed E-state index contributed by atoms with van der Waals surface area (Å²) in [7, 11) is 0. The van der Waals surface area contributed by atoms with Crippen molar-refractivity contribution in [3.05, 3.63) is 71.8 Å². The fraction of sp³-hybridized carbons (Fsp3) is 0. The maximum absolute atomic E-state index is 13.5. The summed E-state index contributed by atoms with van der Waals surface area (Å²) >= 11 is 0. The lowest BCUT2D eigenvalue weighted by Gasteiger charge is -2.00. The number of hydrogen-bond donors (Lipinski definition) is 1. The average Bonchev–Trinajstić information content (AvgIpc) is 2.37. The first kappa shape index (κ1) is 11.9. The molecule has 0 radical (unpaired) electrons. The highest BCUT2D eigenvalue weighted by atomic mass is 19.1. The van der Waals surface area contributed by atoms with Crippen molar-refractivity contribution in [1.82, 2.24) is 4.98 Å². The number of rotatable bonds is 1. The van der Waals surface area contributed by atoms with Crippen molar-refractivity contribution in [2.24, 2.45) is 0 Å². The third kappa shape index (κ3) is 2.74. The molecule has 1 heterocycles. The van der Waals surface area contributed by atoms with Gasteiger partial charge in [0.05, 0.1) is 5.56 Å². The highest BCUT2D eigenvalue weighted by molar-refractivity contribution is 5.58. The first-order valence-electron chi connectivity index (χ1n) is 5.26. The molecule has 1 aromatic carbocycles. The van der Waals surface area contributed by atoms with Crippen LogP contribution in [0.3, 0.4) is 0 Å². The standard InChI is InChI=1S/C15H10FNO/c1-11(18)14-5-4-13(10-15(14)16)3-2-12-6-8-17-9-7-12/h4-10,18H,1H2. The predicted octanol–water partition coefficient (Wildman–Crippen LogP) is 3.15. The van der Waals surface area contributed by atoms with Gasteiger partial charge in [-0.1, -0.05) is 18.4 Å². The Bertz CT molecular complexity index is 639. The highest BCUT2D eigenvalue weighted by Gasteiger charge is 2.04. The molecule has 0 saturated heterocycles. The van der Waals surface area contributed by atoms with Crippen LogP contribution in [0.25, 0.3) is 5.76 Å². The molecular weight excluding hydrogens is 229 g/mol. The lowest BCUT2D eigenvalue weighted by atomic mass is 10.1. The molecule has 0 bridgehead atoms. The van der Waals surface area contributed by atoms with E-state index in [0.29, 0.717) is 5.56 Å². The second-order valence-electron chi connectivity index (χ2n) is 3.63. The lowest BCUT2D eigenvalue weighted by Crippen LogP contribution is -1.89. The lowest BCUT2D eigenvalue weighted by molar-refractivity contribution is 0.504. The van der Waals surface area contributed by atoms with Gasteiger partial charge < -0.3 is 5.11 Å². The SMILES string of the molecule is C=C(O)c1ccc(C#Cc2ccncc2)cc1F. The summed E-state index contributed by atoms with van der Waals surface area (Å²) in [5.74, 6) is 4.91. The van der Waals surface area contributed by atoms with Gasteiger partial charge in [0.25, 0.3) is 0 Å². The number of nitrogens with zero attached hydrogens (tertiary/aromatic N) is 1. The van der Waals surface area contributed by atoms with Crippen molar-refractivity contribution < 1.29 is 9.50 Å². The van der Waals surface area contributed by atoms with E-state index in [1.165, 1.54) is 12.1 Å². The van der Waals surface area contributed by atoms with Gasteiger partial charge in [0.1, 0.15) is 11.6 Å². The average molecular weight is 239 g/mol.